The minimum absolute atomic E-state index is 0.133. The molecule has 2 aromatic carbocycles. The first-order chi connectivity index (χ1) is 12.8. The molecule has 2 aromatic rings. The lowest BCUT2D eigenvalue weighted by atomic mass is 9.86. The topological polar surface area (TPSA) is 61.4 Å². The van der Waals surface area contributed by atoms with Crippen LogP contribution < -0.4 is 15.5 Å². The highest BCUT2D eigenvalue weighted by Crippen LogP contribution is 2.29. The SMILES string of the molecule is CC(C)(C)c1ccccc1NC(=O)C(=O)Nc1ccc(N2CCCC2)cc1. The van der Waals surface area contributed by atoms with Gasteiger partial charge in [-0.3, -0.25) is 9.59 Å². The van der Waals surface area contributed by atoms with E-state index in [2.05, 4.69) is 36.3 Å². The van der Waals surface area contributed by atoms with E-state index in [-0.39, 0.29) is 5.41 Å². The van der Waals surface area contributed by atoms with Crippen molar-refractivity contribution in [3.05, 3.63) is 54.1 Å². The summed E-state index contributed by atoms with van der Waals surface area (Å²) in [5, 5.41) is 5.40. The molecule has 5 nitrogen and oxygen atoms in total. The monoisotopic (exact) mass is 365 g/mol. The lowest BCUT2D eigenvalue weighted by Gasteiger charge is -2.22. The van der Waals surface area contributed by atoms with Gasteiger partial charge in [0.05, 0.1) is 0 Å². The highest BCUT2D eigenvalue weighted by atomic mass is 16.2. The molecule has 0 aliphatic carbocycles. The minimum atomic E-state index is -0.673. The number of carbonyl (C=O) groups is 2. The molecule has 1 aliphatic heterocycles. The Labute approximate surface area is 160 Å². The molecule has 142 valence electrons. The largest absolute Gasteiger partial charge is 0.372 e. The van der Waals surface area contributed by atoms with Gasteiger partial charge in [0.25, 0.3) is 0 Å². The maximum Gasteiger partial charge on any atom is 0.314 e. The number of para-hydroxylation sites is 1. The quantitative estimate of drug-likeness (QED) is 0.803. The molecule has 0 bridgehead atoms. The molecule has 1 aliphatic rings. The number of nitrogens with one attached hydrogen (secondary N) is 2. The second kappa shape index (κ2) is 7.82. The zero-order valence-corrected chi connectivity index (χ0v) is 16.2. The fraction of sp³-hybridized carbons (Fsp3) is 0.364. The van der Waals surface area contributed by atoms with Gasteiger partial charge in [-0.1, -0.05) is 39.0 Å². The average molecular weight is 365 g/mol. The molecule has 2 N–H and O–H groups in total. The first-order valence-corrected chi connectivity index (χ1v) is 9.41. The van der Waals surface area contributed by atoms with Gasteiger partial charge in [0.15, 0.2) is 0 Å². The molecule has 5 heteroatoms. The van der Waals surface area contributed by atoms with Crippen molar-refractivity contribution in [1.29, 1.82) is 0 Å². The van der Waals surface area contributed by atoms with Gasteiger partial charge in [0.1, 0.15) is 0 Å². The normalized spacial score (nSPS) is 14.1. The van der Waals surface area contributed by atoms with Crippen LogP contribution in [0.2, 0.25) is 0 Å². The number of hydrogen-bond donors (Lipinski definition) is 2. The van der Waals surface area contributed by atoms with Crippen LogP contribution in [0.5, 0.6) is 0 Å². The van der Waals surface area contributed by atoms with Gasteiger partial charge >= 0.3 is 11.8 Å². The van der Waals surface area contributed by atoms with Crippen LogP contribution in [0.3, 0.4) is 0 Å². The van der Waals surface area contributed by atoms with Crippen LogP contribution in [0, 0.1) is 0 Å². The first-order valence-electron chi connectivity index (χ1n) is 9.41. The van der Waals surface area contributed by atoms with Crippen LogP contribution in [0.15, 0.2) is 48.5 Å². The summed E-state index contributed by atoms with van der Waals surface area (Å²) >= 11 is 0. The van der Waals surface area contributed by atoms with E-state index in [1.165, 1.54) is 12.8 Å². The van der Waals surface area contributed by atoms with Crippen LogP contribution >= 0.6 is 0 Å². The Balaban J connectivity index is 1.64. The number of amides is 2. The predicted octanol–water partition coefficient (Wildman–Crippen LogP) is 4.16. The molecule has 0 radical (unpaired) electrons. The smallest absolute Gasteiger partial charge is 0.314 e. The number of carbonyl (C=O) groups excluding carboxylic acids is 2. The number of benzene rings is 2. The van der Waals surface area contributed by atoms with E-state index in [1.807, 2.05) is 48.5 Å². The van der Waals surface area contributed by atoms with Gasteiger partial charge in [-0.15, -0.1) is 0 Å². The Kier molecular flexibility index (Phi) is 5.49. The van der Waals surface area contributed by atoms with Crippen molar-refractivity contribution in [2.24, 2.45) is 0 Å². The van der Waals surface area contributed by atoms with Gasteiger partial charge in [-0.2, -0.15) is 0 Å². The first kappa shape index (κ1) is 19.0. The molecule has 0 spiro atoms. The summed E-state index contributed by atoms with van der Waals surface area (Å²) in [6.45, 7) is 8.35. The standard InChI is InChI=1S/C22H27N3O2/c1-22(2,3)18-8-4-5-9-19(18)24-21(27)20(26)23-16-10-12-17(13-11-16)25-14-6-7-15-25/h4-5,8-13H,6-7,14-15H2,1-3H3,(H,23,26)(H,24,27). The summed E-state index contributed by atoms with van der Waals surface area (Å²) in [6, 6.07) is 15.2. The summed E-state index contributed by atoms with van der Waals surface area (Å²) in [4.78, 5) is 26.9. The molecule has 0 unspecified atom stereocenters. The van der Waals surface area contributed by atoms with E-state index in [9.17, 15) is 9.59 Å². The van der Waals surface area contributed by atoms with Crippen LogP contribution in [0.1, 0.15) is 39.2 Å². The van der Waals surface area contributed by atoms with Crippen LogP contribution in [-0.4, -0.2) is 24.9 Å². The molecule has 2 amide bonds. The maximum absolute atomic E-state index is 12.3. The van der Waals surface area contributed by atoms with E-state index in [4.69, 9.17) is 0 Å². The Bertz CT molecular complexity index is 816. The predicted molar refractivity (Wildman–Crippen MR) is 110 cm³/mol. The zero-order valence-electron chi connectivity index (χ0n) is 16.2. The molecular formula is C22H27N3O2. The highest BCUT2D eigenvalue weighted by molar-refractivity contribution is 6.43. The Morgan fingerprint density at radius 2 is 1.44 bits per heavy atom. The van der Waals surface area contributed by atoms with E-state index in [0.29, 0.717) is 11.4 Å². The lowest BCUT2D eigenvalue weighted by molar-refractivity contribution is -0.133. The molecule has 0 aromatic heterocycles. The van der Waals surface area contributed by atoms with E-state index < -0.39 is 11.8 Å². The van der Waals surface area contributed by atoms with Crippen molar-refractivity contribution in [3.63, 3.8) is 0 Å². The third-order valence-electron chi connectivity index (χ3n) is 4.79. The van der Waals surface area contributed by atoms with Crippen molar-refractivity contribution in [2.75, 3.05) is 28.6 Å². The third-order valence-corrected chi connectivity index (χ3v) is 4.79. The highest BCUT2D eigenvalue weighted by Gasteiger charge is 2.21. The summed E-state index contributed by atoms with van der Waals surface area (Å²) in [7, 11) is 0. The molecular weight excluding hydrogens is 338 g/mol. The second-order valence-corrected chi connectivity index (χ2v) is 7.94. The minimum Gasteiger partial charge on any atom is -0.372 e. The molecule has 0 atom stereocenters. The van der Waals surface area contributed by atoms with Gasteiger partial charge in [0.2, 0.25) is 0 Å². The van der Waals surface area contributed by atoms with E-state index in [0.717, 1.165) is 24.3 Å². The number of rotatable bonds is 3. The second-order valence-electron chi connectivity index (χ2n) is 7.94. The molecule has 1 saturated heterocycles. The molecule has 1 heterocycles. The van der Waals surface area contributed by atoms with Crippen molar-refractivity contribution in [2.45, 2.75) is 39.0 Å². The average Bonchev–Trinajstić information content (AvgIpc) is 3.16. The summed E-state index contributed by atoms with van der Waals surface area (Å²) < 4.78 is 0. The van der Waals surface area contributed by atoms with Crippen molar-refractivity contribution in [1.82, 2.24) is 0 Å². The molecule has 3 rings (SSSR count). The number of anilines is 3. The van der Waals surface area contributed by atoms with Crippen molar-refractivity contribution >= 4 is 28.9 Å². The third kappa shape index (κ3) is 4.67. The molecule has 1 fully saturated rings. The lowest BCUT2D eigenvalue weighted by Crippen LogP contribution is -2.30. The van der Waals surface area contributed by atoms with Gasteiger partial charge in [-0.05, 0) is 54.2 Å². The van der Waals surface area contributed by atoms with E-state index >= 15 is 0 Å². The number of hydrogen-bond acceptors (Lipinski definition) is 3. The zero-order chi connectivity index (χ0) is 19.4. The van der Waals surface area contributed by atoms with Crippen molar-refractivity contribution in [3.8, 4) is 0 Å². The Hall–Kier alpha value is -2.82. The van der Waals surface area contributed by atoms with Gasteiger partial charge in [-0.25, -0.2) is 0 Å². The van der Waals surface area contributed by atoms with Crippen LogP contribution in [0.4, 0.5) is 17.1 Å². The van der Waals surface area contributed by atoms with Gasteiger partial charge < -0.3 is 15.5 Å². The summed E-state index contributed by atoms with van der Waals surface area (Å²) in [5.41, 5.74) is 3.28. The summed E-state index contributed by atoms with van der Waals surface area (Å²) in [5.74, 6) is -1.34. The van der Waals surface area contributed by atoms with E-state index in [1.54, 1.807) is 0 Å². The fourth-order valence-electron chi connectivity index (χ4n) is 3.34. The summed E-state index contributed by atoms with van der Waals surface area (Å²) in [6.07, 6.45) is 2.43. The fourth-order valence-corrected chi connectivity index (χ4v) is 3.34. The number of nitrogens with zero attached hydrogens (tertiary/aromatic N) is 1. The molecule has 0 saturated carbocycles. The van der Waals surface area contributed by atoms with Crippen molar-refractivity contribution < 1.29 is 9.59 Å². The van der Waals surface area contributed by atoms with Crippen LogP contribution in [-0.2, 0) is 15.0 Å². The Morgan fingerprint density at radius 1 is 0.852 bits per heavy atom. The Morgan fingerprint density at radius 3 is 2.07 bits per heavy atom. The van der Waals surface area contributed by atoms with Gasteiger partial charge in [0, 0.05) is 30.2 Å². The van der Waals surface area contributed by atoms with Crippen LogP contribution in [0.25, 0.3) is 0 Å². The maximum atomic E-state index is 12.3. The molecule has 27 heavy (non-hydrogen) atoms.